The summed E-state index contributed by atoms with van der Waals surface area (Å²) in [7, 11) is 0. The smallest absolute Gasteiger partial charge is 0.268 e. The van der Waals surface area contributed by atoms with E-state index in [9.17, 15) is 4.79 Å². The first-order valence-electron chi connectivity index (χ1n) is 7.58. The Morgan fingerprint density at radius 2 is 1.58 bits per heavy atom. The van der Waals surface area contributed by atoms with Crippen LogP contribution in [0.3, 0.4) is 0 Å². The molecule has 0 aliphatic heterocycles. The maximum Gasteiger partial charge on any atom is 0.371 e. The van der Waals surface area contributed by atoms with Crippen LogP contribution in [0.25, 0.3) is 37.3 Å². The molecule has 114 valence electrons. The molecule has 0 spiro atoms. The fourth-order valence-electron chi connectivity index (χ4n) is 3.05. The van der Waals surface area contributed by atoms with Gasteiger partial charge in [-0.25, -0.2) is 4.79 Å². The highest BCUT2D eigenvalue weighted by atomic mass is 32.1. The molecule has 0 bridgehead atoms. The van der Waals surface area contributed by atoms with E-state index in [1.165, 1.54) is 10.1 Å². The lowest BCUT2D eigenvalue weighted by Crippen LogP contribution is -2.15. The number of thiophene rings is 1. The second-order valence-electron chi connectivity index (χ2n) is 5.54. The Hall–Kier alpha value is -3.05. The van der Waals surface area contributed by atoms with Crippen LogP contribution in [0.5, 0.6) is 0 Å². The highest BCUT2D eigenvalue weighted by molar-refractivity contribution is 7.25. The number of fused-ring (bicyclic) bond motifs is 5. The molecule has 24 heavy (non-hydrogen) atoms. The van der Waals surface area contributed by atoms with Gasteiger partial charge in [0.25, 0.3) is 0 Å². The van der Waals surface area contributed by atoms with Gasteiger partial charge in [0.1, 0.15) is 10.5 Å². The molecule has 0 atom stereocenters. The third-order valence-corrected chi connectivity index (χ3v) is 5.27. The fourth-order valence-corrected chi connectivity index (χ4v) is 4.25. The minimum atomic E-state index is -0.464. The van der Waals surface area contributed by atoms with Crippen molar-refractivity contribution in [2.24, 2.45) is 0 Å². The summed E-state index contributed by atoms with van der Waals surface area (Å²) in [5.41, 5.74) is 1.05. The number of aromatic nitrogens is 3. The first-order valence-corrected chi connectivity index (χ1v) is 8.39. The second-order valence-corrected chi connectivity index (χ2v) is 6.57. The van der Waals surface area contributed by atoms with E-state index in [2.05, 4.69) is 22.1 Å². The second kappa shape index (κ2) is 4.97. The third kappa shape index (κ3) is 1.88. The van der Waals surface area contributed by atoms with E-state index in [1.54, 1.807) is 11.3 Å². The van der Waals surface area contributed by atoms with E-state index in [4.69, 9.17) is 0 Å². The van der Waals surface area contributed by atoms with E-state index in [-0.39, 0.29) is 0 Å². The van der Waals surface area contributed by atoms with Crippen LogP contribution in [0.15, 0.2) is 71.5 Å². The maximum atomic E-state index is 12.0. The molecule has 0 unspecified atom stereocenters. The first-order chi connectivity index (χ1) is 11.8. The van der Waals surface area contributed by atoms with Crippen molar-refractivity contribution in [2.45, 2.75) is 0 Å². The van der Waals surface area contributed by atoms with E-state index in [0.717, 1.165) is 15.8 Å². The van der Waals surface area contributed by atoms with Crippen molar-refractivity contribution >= 4 is 37.3 Å². The Bertz CT molecular complexity index is 1270. The van der Waals surface area contributed by atoms with Gasteiger partial charge in [-0.1, -0.05) is 48.5 Å². The molecule has 5 rings (SSSR count). The van der Waals surface area contributed by atoms with Crippen LogP contribution in [0.2, 0.25) is 0 Å². The van der Waals surface area contributed by atoms with Crippen molar-refractivity contribution in [1.82, 2.24) is 14.4 Å². The molecule has 3 aromatic heterocycles. The third-order valence-electron chi connectivity index (χ3n) is 4.10. The summed E-state index contributed by atoms with van der Waals surface area (Å²) in [6, 6.07) is 22.0. The summed E-state index contributed by atoms with van der Waals surface area (Å²) in [6.45, 7) is 0. The first kappa shape index (κ1) is 13.4. The van der Waals surface area contributed by atoms with Crippen LogP contribution in [0.1, 0.15) is 0 Å². The van der Waals surface area contributed by atoms with Gasteiger partial charge in [-0.3, -0.25) is 4.40 Å². The molecule has 5 heteroatoms. The summed E-state index contributed by atoms with van der Waals surface area (Å²) in [4.78, 5) is 21.3. The van der Waals surface area contributed by atoms with Crippen LogP contribution in [0, 0.1) is 0 Å². The van der Waals surface area contributed by atoms with E-state index >= 15 is 0 Å². The Morgan fingerprint density at radius 3 is 2.46 bits per heavy atom. The van der Waals surface area contributed by atoms with Crippen molar-refractivity contribution < 1.29 is 0 Å². The quantitative estimate of drug-likeness (QED) is 0.465. The number of rotatable bonds is 1. The summed E-state index contributed by atoms with van der Waals surface area (Å²) >= 11 is 1.69. The zero-order valence-electron chi connectivity index (χ0n) is 12.5. The van der Waals surface area contributed by atoms with Gasteiger partial charge in [0.2, 0.25) is 0 Å². The maximum absolute atomic E-state index is 12.0. The lowest BCUT2D eigenvalue weighted by Gasteiger charge is -2.08. The Labute approximate surface area is 140 Å². The molecular weight excluding hydrogens is 318 g/mol. The molecule has 0 saturated carbocycles. The van der Waals surface area contributed by atoms with Crippen LogP contribution >= 0.6 is 11.3 Å². The zero-order valence-corrected chi connectivity index (χ0v) is 13.3. The van der Waals surface area contributed by atoms with E-state index in [0.29, 0.717) is 11.5 Å². The minimum absolute atomic E-state index is 0.464. The molecule has 0 saturated heterocycles. The normalized spacial score (nSPS) is 11.5. The summed E-state index contributed by atoms with van der Waals surface area (Å²) in [5.74, 6) is 0.628. The lowest BCUT2D eigenvalue weighted by atomic mass is 10.2. The average molecular weight is 329 g/mol. The predicted molar refractivity (Wildman–Crippen MR) is 97.6 cm³/mol. The molecule has 3 heterocycles. The largest absolute Gasteiger partial charge is 0.371 e. The molecular formula is C19H11N3OS. The standard InChI is InChI=1S/C19H11N3OS/c23-19-20-16-11-10-14-13-8-4-5-9-15(13)24-18(14)22(16)17(21-19)12-6-2-1-3-7-12/h1-11H. The number of nitrogens with zero attached hydrogens (tertiary/aromatic N) is 3. The molecule has 0 N–H and O–H groups in total. The molecule has 0 aliphatic carbocycles. The van der Waals surface area contributed by atoms with Gasteiger partial charge < -0.3 is 0 Å². The molecule has 0 amide bonds. The topological polar surface area (TPSA) is 47.3 Å². The van der Waals surface area contributed by atoms with Crippen molar-refractivity contribution in [1.29, 1.82) is 0 Å². The Kier molecular flexibility index (Phi) is 2.78. The van der Waals surface area contributed by atoms with Crippen molar-refractivity contribution in [2.75, 3.05) is 0 Å². The Balaban J connectivity index is 2.03. The number of benzene rings is 2. The number of hydrogen-bond donors (Lipinski definition) is 0. The summed E-state index contributed by atoms with van der Waals surface area (Å²) in [6.07, 6.45) is 0. The van der Waals surface area contributed by atoms with Crippen molar-refractivity contribution in [3.05, 3.63) is 77.2 Å². The molecule has 2 aromatic carbocycles. The van der Waals surface area contributed by atoms with Crippen LogP contribution in [0.4, 0.5) is 0 Å². The monoisotopic (exact) mass is 329 g/mol. The molecule has 0 fully saturated rings. The average Bonchev–Trinajstić information content (AvgIpc) is 3.00. The number of pyridine rings is 1. The molecule has 5 aromatic rings. The number of hydrogen-bond acceptors (Lipinski definition) is 4. The van der Waals surface area contributed by atoms with Crippen LogP contribution < -0.4 is 5.69 Å². The molecule has 0 radical (unpaired) electrons. The Morgan fingerprint density at radius 1 is 0.792 bits per heavy atom. The zero-order chi connectivity index (χ0) is 16.1. The van der Waals surface area contributed by atoms with E-state index < -0.39 is 5.69 Å². The molecule has 4 nitrogen and oxygen atoms in total. The van der Waals surface area contributed by atoms with Gasteiger partial charge in [-0.15, -0.1) is 11.3 Å². The van der Waals surface area contributed by atoms with Crippen LogP contribution in [-0.2, 0) is 0 Å². The predicted octanol–water partition coefficient (Wildman–Crippen LogP) is 4.12. The van der Waals surface area contributed by atoms with Gasteiger partial charge in [0, 0.05) is 21.0 Å². The lowest BCUT2D eigenvalue weighted by molar-refractivity contribution is 1.00. The van der Waals surface area contributed by atoms with Gasteiger partial charge in [-0.05, 0) is 18.2 Å². The van der Waals surface area contributed by atoms with E-state index in [1.807, 2.05) is 59.0 Å². The SMILES string of the molecule is O=c1nc(-c2ccccc2)n2c(ccc3c4ccccc4sc32)n1. The van der Waals surface area contributed by atoms with Crippen LogP contribution in [-0.4, -0.2) is 14.4 Å². The van der Waals surface area contributed by atoms with Gasteiger partial charge in [0.05, 0.1) is 0 Å². The van der Waals surface area contributed by atoms with Gasteiger partial charge in [-0.2, -0.15) is 9.97 Å². The summed E-state index contributed by atoms with van der Waals surface area (Å²) in [5, 5.41) is 2.35. The fraction of sp³-hybridized carbons (Fsp3) is 0. The van der Waals surface area contributed by atoms with Gasteiger partial charge >= 0.3 is 5.69 Å². The highest BCUT2D eigenvalue weighted by Gasteiger charge is 2.13. The van der Waals surface area contributed by atoms with Crippen molar-refractivity contribution in [3.8, 4) is 11.4 Å². The minimum Gasteiger partial charge on any atom is -0.268 e. The van der Waals surface area contributed by atoms with Crippen molar-refractivity contribution in [3.63, 3.8) is 0 Å². The van der Waals surface area contributed by atoms with Gasteiger partial charge in [0.15, 0.2) is 5.82 Å². The summed E-state index contributed by atoms with van der Waals surface area (Å²) < 4.78 is 3.19. The highest BCUT2D eigenvalue weighted by Crippen LogP contribution is 2.35. The molecule has 0 aliphatic rings.